The second-order valence-electron chi connectivity index (χ2n) is 19.2. The Balaban J connectivity index is 0.966. The molecule has 7 rings (SSSR count). The van der Waals surface area contributed by atoms with Crippen LogP contribution in [0, 0.1) is 17.3 Å². The van der Waals surface area contributed by atoms with Crippen molar-refractivity contribution in [3.63, 3.8) is 0 Å². The Morgan fingerprint density at radius 1 is 0.864 bits per heavy atom. The minimum Gasteiger partial charge on any atom is -0.404 e. The quantitative estimate of drug-likeness (QED) is 0.0864. The monoisotopic (exact) mass is 915 g/mol. The lowest BCUT2D eigenvalue weighted by molar-refractivity contribution is -0.150. The molecule has 3 aliphatic carbocycles. The molecule has 2 heterocycles. The van der Waals surface area contributed by atoms with Crippen molar-refractivity contribution < 1.29 is 48.0 Å². The van der Waals surface area contributed by atoms with E-state index in [9.17, 15) is 38.7 Å². The van der Waals surface area contributed by atoms with E-state index in [0.29, 0.717) is 17.4 Å². The Morgan fingerprint density at radius 3 is 2.15 bits per heavy atom. The average molecular weight is 915 g/mol. The van der Waals surface area contributed by atoms with Gasteiger partial charge in [0.1, 0.15) is 24.2 Å². The molecule has 7 amide bonds. The molecule has 0 radical (unpaired) electrons. The number of benzene rings is 2. The van der Waals surface area contributed by atoms with Crippen LogP contribution in [0.1, 0.15) is 102 Å². The topological polar surface area (TPSA) is 274 Å². The molecule has 10 N–H and O–H groups in total. The fourth-order valence-corrected chi connectivity index (χ4v) is 9.70. The van der Waals surface area contributed by atoms with Gasteiger partial charge in [-0.05, 0) is 98.9 Å². The van der Waals surface area contributed by atoms with E-state index in [1.54, 1.807) is 19.1 Å². The van der Waals surface area contributed by atoms with Gasteiger partial charge in [0, 0.05) is 31.1 Å². The standard InChI is InChI=1S/C47H67BN8O10/c1-7-8-9-28-10-12-29(13-11-28)30-14-16-31(17-15-30)43(61)51-19-18-39(59)56-24-33(49)22-36(56)45(63)55-40(26(3)57)46(64)52-25(2)42(60)54-35(23-38(50)58)44(62)53-27(4)48-65-37-21-32-20-34(41(37)66-48)47(32,5)6/h10-17,25-27,32-37,40-41,57H,7-9,18-24,49H2,1-6H3,(H2,50,58)(H,51,61)(H,52,64)(H,53,62)(H,54,60)(H,55,63)/t25-,26?,27-,32-,33-,34+,35-,36-,37?,40-,41?/m0/s1. The molecule has 66 heavy (non-hydrogen) atoms. The van der Waals surface area contributed by atoms with Crippen molar-refractivity contribution in [2.45, 2.75) is 147 Å². The second kappa shape index (κ2) is 21.5. The van der Waals surface area contributed by atoms with Crippen molar-refractivity contribution in [3.05, 3.63) is 59.7 Å². The van der Waals surface area contributed by atoms with Crippen LogP contribution in [0.4, 0.5) is 0 Å². The Kier molecular flexibility index (Phi) is 16.3. The summed E-state index contributed by atoms with van der Waals surface area (Å²) in [6, 6.07) is 9.62. The molecule has 2 saturated heterocycles. The Labute approximate surface area is 386 Å². The van der Waals surface area contributed by atoms with Crippen LogP contribution in [-0.4, -0.2) is 126 Å². The third-order valence-corrected chi connectivity index (χ3v) is 13.9. The van der Waals surface area contributed by atoms with Gasteiger partial charge in [-0.1, -0.05) is 63.6 Å². The van der Waals surface area contributed by atoms with Crippen LogP contribution in [0.5, 0.6) is 0 Å². The van der Waals surface area contributed by atoms with Gasteiger partial charge in [-0.25, -0.2) is 0 Å². The molecule has 0 spiro atoms. The third-order valence-electron chi connectivity index (χ3n) is 13.9. The highest BCUT2D eigenvalue weighted by Gasteiger charge is 2.62. The van der Waals surface area contributed by atoms with E-state index in [-0.39, 0.29) is 49.5 Å². The number of carbonyl (C=O) groups excluding carboxylic acids is 7. The number of hydrogen-bond donors (Lipinski definition) is 8. The van der Waals surface area contributed by atoms with Crippen molar-refractivity contribution in [1.29, 1.82) is 0 Å². The first-order chi connectivity index (χ1) is 31.3. The van der Waals surface area contributed by atoms with Gasteiger partial charge in [-0.3, -0.25) is 33.6 Å². The summed E-state index contributed by atoms with van der Waals surface area (Å²) in [7, 11) is -0.730. The van der Waals surface area contributed by atoms with Crippen LogP contribution in [0.15, 0.2) is 48.5 Å². The maximum atomic E-state index is 13.6. The van der Waals surface area contributed by atoms with Crippen LogP contribution in [0.3, 0.4) is 0 Å². The number of aliphatic hydroxyl groups is 1. The third kappa shape index (κ3) is 11.8. The number of nitrogens with one attached hydrogen (secondary N) is 5. The van der Waals surface area contributed by atoms with Crippen LogP contribution < -0.4 is 38.1 Å². The minimum atomic E-state index is -1.56. The second-order valence-corrected chi connectivity index (χ2v) is 19.2. The van der Waals surface area contributed by atoms with E-state index in [4.69, 9.17) is 20.8 Å². The molecule has 0 aromatic heterocycles. The zero-order valence-electron chi connectivity index (χ0n) is 38.8. The van der Waals surface area contributed by atoms with Gasteiger partial charge in [0.15, 0.2) is 0 Å². The Hall–Kier alpha value is -5.37. The number of unbranched alkanes of at least 4 members (excludes halogenated alkanes) is 1. The number of nitrogens with zero attached hydrogens (tertiary/aromatic N) is 1. The molecule has 5 fully saturated rings. The maximum Gasteiger partial charge on any atom is 0.481 e. The van der Waals surface area contributed by atoms with Gasteiger partial charge in [-0.15, -0.1) is 0 Å². The highest BCUT2D eigenvalue weighted by molar-refractivity contribution is 6.47. The van der Waals surface area contributed by atoms with Crippen molar-refractivity contribution >= 4 is 48.5 Å². The summed E-state index contributed by atoms with van der Waals surface area (Å²) >= 11 is 0. The molecule has 2 aromatic carbocycles. The minimum absolute atomic E-state index is 0.0120. The lowest BCUT2D eigenvalue weighted by Crippen LogP contribution is -2.60. The summed E-state index contributed by atoms with van der Waals surface area (Å²) in [6.45, 7) is 11.0. The first kappa shape index (κ1) is 50.1. The van der Waals surface area contributed by atoms with Gasteiger partial charge in [0.25, 0.3) is 5.91 Å². The number of amides is 7. The van der Waals surface area contributed by atoms with Gasteiger partial charge in [-0.2, -0.15) is 0 Å². The highest BCUT2D eigenvalue weighted by Crippen LogP contribution is 2.61. The summed E-state index contributed by atoms with van der Waals surface area (Å²) < 4.78 is 12.4. The zero-order chi connectivity index (χ0) is 48.0. The number of carbonyl (C=O) groups is 7. The van der Waals surface area contributed by atoms with Gasteiger partial charge in [0.2, 0.25) is 35.4 Å². The van der Waals surface area contributed by atoms with E-state index in [0.717, 1.165) is 43.2 Å². The molecule has 358 valence electrons. The largest absolute Gasteiger partial charge is 0.481 e. The van der Waals surface area contributed by atoms with E-state index in [2.05, 4.69) is 71.6 Å². The summed E-state index contributed by atoms with van der Waals surface area (Å²) in [6.07, 6.45) is 3.04. The number of primary amides is 1. The lowest BCUT2D eigenvalue weighted by Gasteiger charge is -2.60. The predicted octanol–water partition coefficient (Wildman–Crippen LogP) is 0.857. The fraction of sp³-hybridized carbons (Fsp3) is 0.596. The number of nitrogens with two attached hydrogens (primary N) is 2. The number of aliphatic hydroxyl groups excluding tert-OH is 1. The molecule has 3 unspecified atom stereocenters. The molecule has 2 aliphatic heterocycles. The number of aryl methyl sites for hydroxylation is 1. The molecule has 18 nitrogen and oxygen atoms in total. The highest BCUT2D eigenvalue weighted by atomic mass is 16.7. The Bertz CT molecular complexity index is 2110. The fourth-order valence-electron chi connectivity index (χ4n) is 9.70. The van der Waals surface area contributed by atoms with E-state index < -0.39 is 91.2 Å². The predicted molar refractivity (Wildman–Crippen MR) is 246 cm³/mol. The lowest BCUT2D eigenvalue weighted by atomic mass is 9.47. The van der Waals surface area contributed by atoms with E-state index >= 15 is 0 Å². The molecular formula is C47H67BN8O10. The van der Waals surface area contributed by atoms with E-state index in [1.165, 1.54) is 24.3 Å². The number of likely N-dealkylation sites (tertiary alicyclic amines) is 1. The van der Waals surface area contributed by atoms with Crippen LogP contribution in [0.25, 0.3) is 11.1 Å². The molecule has 5 aliphatic rings. The average Bonchev–Trinajstić information content (AvgIpc) is 3.91. The maximum absolute atomic E-state index is 13.6. The van der Waals surface area contributed by atoms with E-state index in [1.807, 2.05) is 12.1 Å². The molecule has 2 aromatic rings. The molecule has 2 bridgehead atoms. The normalized spacial score (nSPS) is 24.9. The molecule has 19 heteroatoms. The summed E-state index contributed by atoms with van der Waals surface area (Å²) in [4.78, 5) is 93.4. The molecule has 11 atom stereocenters. The van der Waals surface area contributed by atoms with Gasteiger partial charge >= 0.3 is 7.12 Å². The van der Waals surface area contributed by atoms with Crippen molar-refractivity contribution in [1.82, 2.24) is 31.5 Å². The van der Waals surface area contributed by atoms with Crippen molar-refractivity contribution in [3.8, 4) is 11.1 Å². The molecular weight excluding hydrogens is 847 g/mol. The summed E-state index contributed by atoms with van der Waals surface area (Å²) in [5.74, 6) is -4.65. The van der Waals surface area contributed by atoms with Crippen molar-refractivity contribution in [2.75, 3.05) is 13.1 Å². The SMILES string of the molecule is CCCCc1ccc(-c2ccc(C(=O)NCCC(=O)N3C[C@@H](N)C[C@H]3C(=O)N[C@H](C(=O)N[C@@H](C)C(=O)N[C@@H](CC(N)=O)C(=O)N[C@@H](C)B3OC4C[C@@H]5C[C@H](C4O3)C5(C)C)C(C)O)cc2)cc1. The first-order valence-electron chi connectivity index (χ1n) is 23.3. The van der Waals surface area contributed by atoms with Crippen LogP contribution >= 0.6 is 0 Å². The van der Waals surface area contributed by atoms with Crippen molar-refractivity contribution in [2.24, 2.45) is 28.7 Å². The van der Waals surface area contributed by atoms with Crippen LogP contribution in [0.2, 0.25) is 0 Å². The smallest absolute Gasteiger partial charge is 0.404 e. The number of rotatable bonds is 20. The molecule has 3 saturated carbocycles. The van der Waals surface area contributed by atoms with Gasteiger partial charge in [0.05, 0.1) is 30.7 Å². The first-order valence-corrected chi connectivity index (χ1v) is 23.3. The van der Waals surface area contributed by atoms with Gasteiger partial charge < -0.3 is 57.4 Å². The zero-order valence-corrected chi connectivity index (χ0v) is 38.8. The number of hydrogen-bond acceptors (Lipinski definition) is 11. The summed E-state index contributed by atoms with van der Waals surface area (Å²) in [5.41, 5.74) is 15.5. The van der Waals surface area contributed by atoms with Crippen LogP contribution in [-0.2, 0) is 44.5 Å². The Morgan fingerprint density at radius 2 is 1.53 bits per heavy atom. The summed E-state index contributed by atoms with van der Waals surface area (Å²) in [5, 5.41) is 23.5.